The van der Waals surface area contributed by atoms with Crippen LogP contribution in [0.5, 0.6) is 0 Å². The van der Waals surface area contributed by atoms with Crippen molar-refractivity contribution in [3.63, 3.8) is 0 Å². The Labute approximate surface area is 249 Å². The summed E-state index contributed by atoms with van der Waals surface area (Å²) in [6.45, 7) is 7.83. The van der Waals surface area contributed by atoms with E-state index in [1.807, 2.05) is 44.2 Å². The molecule has 2 N–H and O–H groups in total. The van der Waals surface area contributed by atoms with Crippen molar-refractivity contribution in [2.24, 2.45) is 17.8 Å². The molecule has 1 amide bonds. The van der Waals surface area contributed by atoms with Crippen LogP contribution in [0.4, 0.5) is 0 Å². The van der Waals surface area contributed by atoms with Gasteiger partial charge in [0.05, 0.1) is 12.2 Å². The van der Waals surface area contributed by atoms with E-state index in [2.05, 4.69) is 6.92 Å². The summed E-state index contributed by atoms with van der Waals surface area (Å²) in [5, 5.41) is 20.8. The predicted octanol–water partition coefficient (Wildman–Crippen LogP) is 3.87. The largest absolute Gasteiger partial charge is 0.480 e. The normalized spacial score (nSPS) is 27.6. The van der Waals surface area contributed by atoms with Crippen LogP contribution in [0.3, 0.4) is 0 Å². The molecule has 2 aliphatic rings. The molecule has 2 fully saturated rings. The van der Waals surface area contributed by atoms with Crippen LogP contribution in [0.1, 0.15) is 72.6 Å². The number of ether oxygens (including phenoxy) is 3. The van der Waals surface area contributed by atoms with E-state index in [9.17, 15) is 29.4 Å². The van der Waals surface area contributed by atoms with E-state index in [0.717, 1.165) is 16.9 Å². The molecule has 0 bridgehead atoms. The summed E-state index contributed by atoms with van der Waals surface area (Å²) in [7, 11) is 3.10. The number of ketones is 2. The number of rotatable bonds is 15. The zero-order valence-electron chi connectivity index (χ0n) is 25.9. The summed E-state index contributed by atoms with van der Waals surface area (Å²) in [6, 6.07) is -1.08. The predicted molar refractivity (Wildman–Crippen MR) is 157 cm³/mol. The highest BCUT2D eigenvalue weighted by atomic mass is 16.6. The first-order valence-electron chi connectivity index (χ1n) is 14.9. The zero-order valence-corrected chi connectivity index (χ0v) is 25.9. The number of amides is 1. The Kier molecular flexibility index (Phi) is 14.2. The number of nitrogens with zero attached hydrogens (tertiary/aromatic N) is 1. The Morgan fingerprint density at radius 3 is 2.43 bits per heavy atom. The number of Topliss-reactive ketones (excluding diaryl/α,β-unsaturated/α-hetero) is 2. The lowest BCUT2D eigenvalue weighted by atomic mass is 9.85. The van der Waals surface area contributed by atoms with Gasteiger partial charge in [0.1, 0.15) is 12.6 Å². The van der Waals surface area contributed by atoms with Crippen LogP contribution < -0.4 is 0 Å². The van der Waals surface area contributed by atoms with Gasteiger partial charge in [-0.1, -0.05) is 51.2 Å². The maximum absolute atomic E-state index is 13.3. The SMILES string of the molecule is COCC(=O)C(C)CC(C)C=CC=CC=C(C)C(CC1CCC(C)C(O)(C(=O)C(=O)N2CCCCC2C(=O)O)O1)OC. The van der Waals surface area contributed by atoms with Crippen LogP contribution in [0.25, 0.3) is 0 Å². The lowest BCUT2D eigenvalue weighted by molar-refractivity contribution is -0.265. The quantitative estimate of drug-likeness (QED) is 0.215. The molecule has 10 nitrogen and oxygen atoms in total. The molecule has 0 spiro atoms. The standard InChI is InChI=1S/C32H49NO9/c1-21(18-23(3)27(34)20-40-5)12-8-7-9-13-22(2)28(41-6)19-25-16-15-24(4)32(39,42-25)29(35)30(36)33-17-11-10-14-26(33)31(37)38/h7-9,12-13,21,23-26,28,39H,10-11,14-20H2,1-6H3,(H,37,38). The number of aliphatic carboxylic acids is 1. The molecule has 42 heavy (non-hydrogen) atoms. The number of carbonyl (C=O) groups excluding carboxylic acids is 3. The highest BCUT2D eigenvalue weighted by Crippen LogP contribution is 2.36. The number of hydrogen-bond donors (Lipinski definition) is 2. The minimum atomic E-state index is -2.33. The Bertz CT molecular complexity index is 1040. The highest BCUT2D eigenvalue weighted by Gasteiger charge is 2.52. The Morgan fingerprint density at radius 1 is 1.07 bits per heavy atom. The highest BCUT2D eigenvalue weighted by molar-refractivity contribution is 6.39. The number of carbonyl (C=O) groups is 4. The maximum atomic E-state index is 13.3. The Morgan fingerprint density at radius 2 is 1.79 bits per heavy atom. The fraction of sp³-hybridized carbons (Fsp3) is 0.688. The molecule has 0 aliphatic carbocycles. The van der Waals surface area contributed by atoms with E-state index < -0.39 is 41.5 Å². The van der Waals surface area contributed by atoms with E-state index >= 15 is 0 Å². The minimum Gasteiger partial charge on any atom is -0.480 e. The first-order chi connectivity index (χ1) is 19.8. The molecule has 7 atom stereocenters. The smallest absolute Gasteiger partial charge is 0.326 e. The van der Waals surface area contributed by atoms with Crippen molar-refractivity contribution in [1.82, 2.24) is 4.90 Å². The van der Waals surface area contributed by atoms with E-state index in [1.54, 1.807) is 14.0 Å². The molecule has 0 aromatic heterocycles. The molecule has 2 rings (SSSR count). The van der Waals surface area contributed by atoms with E-state index in [1.165, 1.54) is 7.11 Å². The number of piperidine rings is 1. The van der Waals surface area contributed by atoms with Gasteiger partial charge in [-0.25, -0.2) is 4.79 Å². The van der Waals surface area contributed by atoms with Gasteiger partial charge < -0.3 is 29.3 Å². The van der Waals surface area contributed by atoms with Gasteiger partial charge >= 0.3 is 5.97 Å². The van der Waals surface area contributed by atoms with Gasteiger partial charge in [-0.05, 0) is 56.9 Å². The van der Waals surface area contributed by atoms with Crippen LogP contribution in [0, 0.1) is 17.8 Å². The van der Waals surface area contributed by atoms with Gasteiger partial charge in [-0.3, -0.25) is 14.4 Å². The fourth-order valence-electron chi connectivity index (χ4n) is 5.61. The number of hydrogen-bond acceptors (Lipinski definition) is 8. The van der Waals surface area contributed by atoms with Crippen LogP contribution in [-0.2, 0) is 33.4 Å². The number of carboxylic acid groups (broad SMARTS) is 1. The molecule has 2 saturated heterocycles. The van der Waals surface area contributed by atoms with Crippen molar-refractivity contribution >= 4 is 23.4 Å². The number of likely N-dealkylation sites (tertiary alicyclic amines) is 1. The second-order valence-corrected chi connectivity index (χ2v) is 11.7. The molecule has 0 radical (unpaired) electrons. The second-order valence-electron chi connectivity index (χ2n) is 11.7. The maximum Gasteiger partial charge on any atom is 0.326 e. The zero-order chi connectivity index (χ0) is 31.4. The molecule has 10 heteroatoms. The van der Waals surface area contributed by atoms with Crippen molar-refractivity contribution in [2.75, 3.05) is 27.4 Å². The minimum absolute atomic E-state index is 0.0688. The summed E-state index contributed by atoms with van der Waals surface area (Å²) in [6.07, 6.45) is 12.5. The number of methoxy groups -OCH3 is 2. The Balaban J connectivity index is 2.00. The monoisotopic (exact) mass is 591 g/mol. The second kappa shape index (κ2) is 16.8. The molecule has 0 aromatic rings. The van der Waals surface area contributed by atoms with Crippen molar-refractivity contribution in [3.05, 3.63) is 36.0 Å². The molecule has 2 aliphatic heterocycles. The molecule has 0 saturated carbocycles. The van der Waals surface area contributed by atoms with Crippen LogP contribution in [0.2, 0.25) is 0 Å². The van der Waals surface area contributed by atoms with E-state index in [-0.39, 0.29) is 43.3 Å². The fourth-order valence-corrected chi connectivity index (χ4v) is 5.61. The van der Waals surface area contributed by atoms with Crippen LogP contribution >= 0.6 is 0 Å². The Hall–Kier alpha value is -2.66. The first kappa shape index (κ1) is 35.5. The molecular formula is C32H49NO9. The van der Waals surface area contributed by atoms with Gasteiger partial charge in [-0.2, -0.15) is 0 Å². The van der Waals surface area contributed by atoms with Crippen molar-refractivity contribution in [2.45, 2.75) is 96.7 Å². The van der Waals surface area contributed by atoms with E-state index in [4.69, 9.17) is 14.2 Å². The lowest BCUT2D eigenvalue weighted by Gasteiger charge is -2.42. The third kappa shape index (κ3) is 9.69. The average Bonchev–Trinajstić information content (AvgIpc) is 2.96. The van der Waals surface area contributed by atoms with Gasteiger partial charge in [0, 0.05) is 39.0 Å². The van der Waals surface area contributed by atoms with Gasteiger partial charge in [-0.15, -0.1) is 0 Å². The van der Waals surface area contributed by atoms with E-state index in [0.29, 0.717) is 32.1 Å². The summed E-state index contributed by atoms with van der Waals surface area (Å²) in [4.78, 5) is 51.0. The van der Waals surface area contributed by atoms with Crippen LogP contribution in [-0.4, -0.2) is 90.0 Å². The van der Waals surface area contributed by atoms with Gasteiger partial charge in [0.2, 0.25) is 5.79 Å². The number of aliphatic hydroxyl groups is 1. The van der Waals surface area contributed by atoms with Crippen LogP contribution in [0.15, 0.2) is 36.0 Å². The van der Waals surface area contributed by atoms with Crippen molar-refractivity contribution in [3.8, 4) is 0 Å². The molecule has 7 unspecified atom stereocenters. The molecular weight excluding hydrogens is 542 g/mol. The lowest BCUT2D eigenvalue weighted by Crippen LogP contribution is -2.60. The third-order valence-corrected chi connectivity index (χ3v) is 8.36. The van der Waals surface area contributed by atoms with Crippen molar-refractivity contribution in [1.29, 1.82) is 0 Å². The first-order valence-corrected chi connectivity index (χ1v) is 14.9. The third-order valence-electron chi connectivity index (χ3n) is 8.36. The summed E-state index contributed by atoms with van der Waals surface area (Å²) >= 11 is 0. The topological polar surface area (TPSA) is 140 Å². The average molecular weight is 592 g/mol. The van der Waals surface area contributed by atoms with Crippen molar-refractivity contribution < 1.29 is 43.6 Å². The molecule has 236 valence electrons. The number of allylic oxidation sites excluding steroid dienone is 5. The molecule has 2 heterocycles. The summed E-state index contributed by atoms with van der Waals surface area (Å²) in [5.74, 6) is -6.00. The molecule has 0 aromatic carbocycles. The number of carboxylic acids is 1. The van der Waals surface area contributed by atoms with Gasteiger partial charge in [0.15, 0.2) is 5.78 Å². The van der Waals surface area contributed by atoms with Gasteiger partial charge in [0.25, 0.3) is 11.7 Å². The summed E-state index contributed by atoms with van der Waals surface area (Å²) < 4.78 is 16.5. The summed E-state index contributed by atoms with van der Waals surface area (Å²) in [5.41, 5.74) is 0.916.